The van der Waals surface area contributed by atoms with Gasteiger partial charge in [0.25, 0.3) is 0 Å². The van der Waals surface area contributed by atoms with Crippen molar-refractivity contribution in [3.05, 3.63) is 12.7 Å². The first-order chi connectivity index (χ1) is 6.61. The molecule has 0 aliphatic rings. The second kappa shape index (κ2) is 7.44. The Balaban J connectivity index is 4.10. The fourth-order valence-electron chi connectivity index (χ4n) is 0.921. The minimum Gasteiger partial charge on any atom is -0.480 e. The van der Waals surface area contributed by atoms with Gasteiger partial charge in [0.05, 0.1) is 0 Å². The van der Waals surface area contributed by atoms with Crippen molar-refractivity contribution >= 4 is 23.6 Å². The predicted octanol–water partition coefficient (Wildman–Crippen LogP) is 0.839. The largest absolute Gasteiger partial charge is 0.480 e. The van der Waals surface area contributed by atoms with Gasteiger partial charge in [-0.2, -0.15) is 11.8 Å². The van der Waals surface area contributed by atoms with E-state index in [-0.39, 0.29) is 12.5 Å². The van der Waals surface area contributed by atoms with Gasteiger partial charge in [-0.3, -0.25) is 9.59 Å². The Bertz CT molecular complexity index is 218. The molecule has 0 saturated heterocycles. The third-order valence-corrected chi connectivity index (χ3v) is 2.16. The number of hydrogen-bond acceptors (Lipinski definition) is 3. The molecule has 0 spiro atoms. The summed E-state index contributed by atoms with van der Waals surface area (Å²) in [4.78, 5) is 23.1. The van der Waals surface area contributed by atoms with E-state index in [0.717, 1.165) is 0 Å². The van der Waals surface area contributed by atoms with Crippen molar-refractivity contribution in [2.24, 2.45) is 0 Å². The van der Waals surface area contributed by atoms with Gasteiger partial charge in [-0.1, -0.05) is 6.08 Å². The van der Waals surface area contributed by atoms with Crippen molar-refractivity contribution in [3.63, 3.8) is 0 Å². The highest BCUT2D eigenvalue weighted by Crippen LogP contribution is 2.00. The maximum atomic E-state index is 11.4. The molecule has 1 N–H and O–H groups in total. The number of carboxylic acid groups (broad SMARTS) is 1. The molecule has 5 heteroatoms. The van der Waals surface area contributed by atoms with Crippen LogP contribution in [-0.2, 0) is 9.59 Å². The van der Waals surface area contributed by atoms with Crippen LogP contribution in [0.3, 0.4) is 0 Å². The van der Waals surface area contributed by atoms with Gasteiger partial charge >= 0.3 is 5.97 Å². The van der Waals surface area contributed by atoms with Crippen LogP contribution in [-0.4, -0.2) is 47.0 Å². The Kier molecular flexibility index (Phi) is 6.92. The van der Waals surface area contributed by atoms with Crippen LogP contribution in [0.2, 0.25) is 0 Å². The molecule has 0 aliphatic heterocycles. The molecule has 14 heavy (non-hydrogen) atoms. The summed E-state index contributed by atoms with van der Waals surface area (Å²) in [6.45, 7) is 3.52. The Morgan fingerprint density at radius 1 is 1.57 bits per heavy atom. The average Bonchev–Trinajstić information content (AvgIpc) is 2.13. The van der Waals surface area contributed by atoms with Gasteiger partial charge in [0.15, 0.2) is 0 Å². The second-order valence-corrected chi connectivity index (χ2v) is 3.69. The van der Waals surface area contributed by atoms with Crippen LogP contribution in [0, 0.1) is 0 Å². The first kappa shape index (κ1) is 13.0. The van der Waals surface area contributed by atoms with Crippen LogP contribution in [0.25, 0.3) is 0 Å². The van der Waals surface area contributed by atoms with Crippen molar-refractivity contribution in [2.75, 3.05) is 25.1 Å². The Morgan fingerprint density at radius 2 is 2.21 bits per heavy atom. The van der Waals surface area contributed by atoms with Crippen molar-refractivity contribution in [1.82, 2.24) is 4.90 Å². The molecule has 0 aromatic heterocycles. The standard InChI is InChI=1S/C9H15NO3S/c1-3-5-10(7-9(12)13)8(11)4-6-14-2/h3H,1,4-7H2,2H3,(H,12,13). The lowest BCUT2D eigenvalue weighted by atomic mass is 10.3. The Morgan fingerprint density at radius 3 is 2.64 bits per heavy atom. The first-order valence-electron chi connectivity index (χ1n) is 4.21. The van der Waals surface area contributed by atoms with E-state index in [4.69, 9.17) is 5.11 Å². The number of thioether (sulfide) groups is 1. The van der Waals surface area contributed by atoms with Crippen molar-refractivity contribution < 1.29 is 14.7 Å². The third kappa shape index (κ3) is 5.64. The molecule has 4 nitrogen and oxygen atoms in total. The highest BCUT2D eigenvalue weighted by molar-refractivity contribution is 7.98. The van der Waals surface area contributed by atoms with E-state index < -0.39 is 5.97 Å². The molecule has 0 rings (SSSR count). The number of nitrogens with zero attached hydrogens (tertiary/aromatic N) is 1. The van der Waals surface area contributed by atoms with E-state index in [1.54, 1.807) is 11.8 Å². The van der Waals surface area contributed by atoms with Gasteiger partial charge in [0, 0.05) is 18.7 Å². The van der Waals surface area contributed by atoms with Crippen LogP contribution in [0.4, 0.5) is 0 Å². The van der Waals surface area contributed by atoms with E-state index in [1.807, 2.05) is 6.26 Å². The normalized spacial score (nSPS) is 9.50. The van der Waals surface area contributed by atoms with E-state index >= 15 is 0 Å². The minimum atomic E-state index is -0.996. The zero-order chi connectivity index (χ0) is 11.0. The molecule has 0 aliphatic carbocycles. The molecule has 0 bridgehead atoms. The lowest BCUT2D eigenvalue weighted by Gasteiger charge is -2.18. The molecule has 0 aromatic carbocycles. The van der Waals surface area contributed by atoms with E-state index in [9.17, 15) is 9.59 Å². The molecule has 0 fully saturated rings. The monoisotopic (exact) mass is 217 g/mol. The second-order valence-electron chi connectivity index (χ2n) is 2.70. The fourth-order valence-corrected chi connectivity index (χ4v) is 1.30. The summed E-state index contributed by atoms with van der Waals surface area (Å²) in [6.07, 6.45) is 3.81. The van der Waals surface area contributed by atoms with E-state index in [0.29, 0.717) is 18.7 Å². The predicted molar refractivity (Wildman–Crippen MR) is 57.4 cm³/mol. The van der Waals surface area contributed by atoms with Crippen LogP contribution in [0.5, 0.6) is 0 Å². The molecule has 0 radical (unpaired) electrons. The van der Waals surface area contributed by atoms with Crippen molar-refractivity contribution in [1.29, 1.82) is 0 Å². The third-order valence-electron chi connectivity index (χ3n) is 1.55. The smallest absolute Gasteiger partial charge is 0.323 e. The van der Waals surface area contributed by atoms with Crippen LogP contribution >= 0.6 is 11.8 Å². The summed E-state index contributed by atoms with van der Waals surface area (Å²) in [7, 11) is 0. The number of carboxylic acids is 1. The van der Waals surface area contributed by atoms with Gasteiger partial charge in [0.2, 0.25) is 5.91 Å². The molecule has 80 valence electrons. The molecular weight excluding hydrogens is 202 g/mol. The number of rotatable bonds is 7. The summed E-state index contributed by atoms with van der Waals surface area (Å²) in [6, 6.07) is 0. The lowest BCUT2D eigenvalue weighted by Crippen LogP contribution is -2.35. The van der Waals surface area contributed by atoms with Gasteiger partial charge in [-0.05, 0) is 6.26 Å². The fraction of sp³-hybridized carbons (Fsp3) is 0.556. The Hall–Kier alpha value is -0.970. The summed E-state index contributed by atoms with van der Waals surface area (Å²) in [5, 5.41) is 8.55. The minimum absolute atomic E-state index is 0.137. The summed E-state index contributed by atoms with van der Waals surface area (Å²) < 4.78 is 0. The number of carbonyl (C=O) groups is 2. The van der Waals surface area contributed by atoms with Crippen molar-refractivity contribution in [3.8, 4) is 0 Å². The molecule has 1 amide bonds. The van der Waals surface area contributed by atoms with Gasteiger partial charge in [0.1, 0.15) is 6.54 Å². The number of aliphatic carboxylic acids is 1. The van der Waals surface area contributed by atoms with Gasteiger partial charge < -0.3 is 10.0 Å². The zero-order valence-corrected chi connectivity index (χ0v) is 9.05. The quantitative estimate of drug-likeness (QED) is 0.642. The lowest BCUT2D eigenvalue weighted by molar-refractivity contribution is -0.143. The van der Waals surface area contributed by atoms with Gasteiger partial charge in [-0.15, -0.1) is 6.58 Å². The SMILES string of the molecule is C=CCN(CC(=O)O)C(=O)CCSC. The number of amides is 1. The molecule has 0 atom stereocenters. The van der Waals surface area contributed by atoms with E-state index in [2.05, 4.69) is 6.58 Å². The molecule has 0 unspecified atom stereocenters. The highest BCUT2D eigenvalue weighted by atomic mass is 32.2. The molecule has 0 aromatic rings. The summed E-state index contributed by atoms with van der Waals surface area (Å²) in [5.41, 5.74) is 0. The van der Waals surface area contributed by atoms with E-state index in [1.165, 1.54) is 11.0 Å². The summed E-state index contributed by atoms with van der Waals surface area (Å²) in [5.74, 6) is -0.419. The van der Waals surface area contributed by atoms with Crippen LogP contribution in [0.15, 0.2) is 12.7 Å². The number of carbonyl (C=O) groups excluding carboxylic acids is 1. The maximum Gasteiger partial charge on any atom is 0.323 e. The maximum absolute atomic E-state index is 11.4. The topological polar surface area (TPSA) is 57.6 Å². The molecule has 0 saturated carbocycles. The molecular formula is C9H15NO3S. The molecule has 0 heterocycles. The van der Waals surface area contributed by atoms with Crippen LogP contribution in [0.1, 0.15) is 6.42 Å². The Labute approximate surface area is 88.0 Å². The number of hydrogen-bond donors (Lipinski definition) is 1. The zero-order valence-electron chi connectivity index (χ0n) is 8.23. The highest BCUT2D eigenvalue weighted by Gasteiger charge is 2.14. The van der Waals surface area contributed by atoms with Crippen LogP contribution < -0.4 is 0 Å². The van der Waals surface area contributed by atoms with Crippen molar-refractivity contribution in [2.45, 2.75) is 6.42 Å². The first-order valence-corrected chi connectivity index (χ1v) is 5.60. The average molecular weight is 217 g/mol. The van der Waals surface area contributed by atoms with Gasteiger partial charge in [-0.25, -0.2) is 0 Å². The summed E-state index contributed by atoms with van der Waals surface area (Å²) >= 11 is 1.56.